The lowest BCUT2D eigenvalue weighted by Gasteiger charge is -2.17. The van der Waals surface area contributed by atoms with Gasteiger partial charge >= 0.3 is 0 Å². The molecule has 0 aliphatic carbocycles. The van der Waals surface area contributed by atoms with Gasteiger partial charge < -0.3 is 10.0 Å². The molecule has 3 heteroatoms. The Bertz CT molecular complexity index is 325. The monoisotopic (exact) mass is 255 g/mol. The number of hydrogen-bond donors (Lipinski definition) is 1. The fourth-order valence-electron chi connectivity index (χ4n) is 1.20. The highest BCUT2D eigenvalue weighted by atomic mass is 79.9. The van der Waals surface area contributed by atoms with Crippen LogP contribution < -0.4 is 4.90 Å². The molecule has 0 radical (unpaired) electrons. The second-order valence-electron chi connectivity index (χ2n) is 3.10. The van der Waals surface area contributed by atoms with Crippen LogP contribution in [-0.2, 0) is 6.61 Å². The van der Waals surface area contributed by atoms with Crippen LogP contribution in [0.25, 0.3) is 0 Å². The molecule has 14 heavy (non-hydrogen) atoms. The first-order valence-corrected chi connectivity index (χ1v) is 5.19. The molecule has 0 aromatic heterocycles. The molecule has 0 aliphatic heterocycles. The minimum Gasteiger partial charge on any atom is -0.392 e. The average Bonchev–Trinajstić information content (AvgIpc) is 2.18. The lowest BCUT2D eigenvalue weighted by atomic mass is 10.2. The normalized spacial score (nSPS) is 9.93. The van der Waals surface area contributed by atoms with Gasteiger partial charge in [-0.1, -0.05) is 28.1 Å². The third-order valence-electron chi connectivity index (χ3n) is 2.05. The Hall–Kier alpha value is -0.800. The summed E-state index contributed by atoms with van der Waals surface area (Å²) in [4.78, 5) is 2.08. The molecule has 0 fully saturated rings. The van der Waals surface area contributed by atoms with Crippen molar-refractivity contribution in [2.24, 2.45) is 0 Å². The summed E-state index contributed by atoms with van der Waals surface area (Å²) < 4.78 is 0.938. The summed E-state index contributed by atoms with van der Waals surface area (Å²) >= 11 is 3.41. The van der Waals surface area contributed by atoms with Gasteiger partial charge in [-0.25, -0.2) is 0 Å². The highest BCUT2D eigenvalue weighted by Crippen LogP contribution is 2.23. The van der Waals surface area contributed by atoms with E-state index in [2.05, 4.69) is 27.4 Å². The topological polar surface area (TPSA) is 23.5 Å². The maximum absolute atomic E-state index is 8.99. The Morgan fingerprint density at radius 3 is 2.79 bits per heavy atom. The molecule has 0 atom stereocenters. The van der Waals surface area contributed by atoms with E-state index >= 15 is 0 Å². The summed E-state index contributed by atoms with van der Waals surface area (Å²) in [6, 6.07) is 5.90. The molecule has 0 saturated heterocycles. The maximum atomic E-state index is 8.99. The Morgan fingerprint density at radius 1 is 1.57 bits per heavy atom. The predicted octanol–water partition coefficient (Wildman–Crippen LogP) is 2.56. The van der Waals surface area contributed by atoms with Crippen LogP contribution in [0.3, 0.4) is 0 Å². The van der Waals surface area contributed by atoms with Gasteiger partial charge in [-0.2, -0.15) is 0 Å². The molecular weight excluding hydrogens is 242 g/mol. The minimum absolute atomic E-state index is 0.0615. The minimum atomic E-state index is 0.0615. The Labute approximate surface area is 93.0 Å². The van der Waals surface area contributed by atoms with E-state index in [1.165, 1.54) is 0 Å². The van der Waals surface area contributed by atoms with Crippen LogP contribution in [0.2, 0.25) is 0 Å². The number of rotatable bonds is 4. The van der Waals surface area contributed by atoms with Crippen LogP contribution in [0.5, 0.6) is 0 Å². The first-order valence-electron chi connectivity index (χ1n) is 4.40. The highest BCUT2D eigenvalue weighted by molar-refractivity contribution is 9.10. The van der Waals surface area contributed by atoms with Crippen molar-refractivity contribution in [3.05, 3.63) is 40.9 Å². The molecule has 2 nitrogen and oxygen atoms in total. The fraction of sp³-hybridized carbons (Fsp3) is 0.273. The van der Waals surface area contributed by atoms with Gasteiger partial charge in [-0.05, 0) is 17.7 Å². The van der Waals surface area contributed by atoms with Crippen molar-refractivity contribution in [1.82, 2.24) is 0 Å². The summed E-state index contributed by atoms with van der Waals surface area (Å²) in [7, 11) is 2.00. The average molecular weight is 256 g/mol. The summed E-state index contributed by atoms with van der Waals surface area (Å²) in [6.45, 7) is 4.56. The van der Waals surface area contributed by atoms with Gasteiger partial charge in [0.2, 0.25) is 0 Å². The number of nitrogens with zero attached hydrogens (tertiary/aromatic N) is 1. The molecule has 0 spiro atoms. The lowest BCUT2D eigenvalue weighted by molar-refractivity contribution is 0.281. The SMILES string of the molecule is C=CCN(C)c1ccc(CO)c(Br)c1. The Kier molecular flexibility index (Phi) is 4.17. The van der Waals surface area contributed by atoms with Gasteiger partial charge in [-0.3, -0.25) is 0 Å². The van der Waals surface area contributed by atoms with Gasteiger partial charge in [0.05, 0.1) is 6.61 Å². The van der Waals surface area contributed by atoms with E-state index in [1.54, 1.807) is 0 Å². The van der Waals surface area contributed by atoms with Crippen molar-refractivity contribution in [2.45, 2.75) is 6.61 Å². The zero-order valence-corrected chi connectivity index (χ0v) is 9.79. The number of benzene rings is 1. The number of halogens is 1. The number of likely N-dealkylation sites (N-methyl/N-ethyl adjacent to an activating group) is 1. The number of anilines is 1. The van der Waals surface area contributed by atoms with E-state index in [1.807, 2.05) is 31.3 Å². The number of aliphatic hydroxyl groups is 1. The molecule has 0 heterocycles. The summed E-state index contributed by atoms with van der Waals surface area (Å²) in [6.07, 6.45) is 1.86. The first kappa shape index (κ1) is 11.3. The van der Waals surface area contributed by atoms with E-state index < -0.39 is 0 Å². The van der Waals surface area contributed by atoms with E-state index in [4.69, 9.17) is 5.11 Å². The molecule has 1 N–H and O–H groups in total. The Balaban J connectivity index is 2.90. The maximum Gasteiger partial charge on any atom is 0.0692 e. The van der Waals surface area contributed by atoms with E-state index in [0.717, 1.165) is 22.3 Å². The molecule has 0 amide bonds. The third-order valence-corrected chi connectivity index (χ3v) is 2.79. The fourth-order valence-corrected chi connectivity index (χ4v) is 1.69. The van der Waals surface area contributed by atoms with E-state index in [9.17, 15) is 0 Å². The van der Waals surface area contributed by atoms with Crippen LogP contribution in [0.15, 0.2) is 35.3 Å². The molecule has 0 bridgehead atoms. The van der Waals surface area contributed by atoms with Crippen LogP contribution in [0, 0.1) is 0 Å². The quantitative estimate of drug-likeness (QED) is 0.837. The third kappa shape index (κ3) is 2.59. The van der Waals surface area contributed by atoms with Crippen LogP contribution in [0.1, 0.15) is 5.56 Å². The molecule has 0 aliphatic rings. The van der Waals surface area contributed by atoms with Crippen molar-refractivity contribution < 1.29 is 5.11 Å². The molecule has 1 rings (SSSR count). The summed E-state index contributed by atoms with van der Waals surface area (Å²) in [5.41, 5.74) is 2.01. The van der Waals surface area contributed by atoms with Crippen molar-refractivity contribution in [3.8, 4) is 0 Å². The van der Waals surface area contributed by atoms with Crippen molar-refractivity contribution in [1.29, 1.82) is 0 Å². The standard InChI is InChI=1S/C11H14BrNO/c1-3-6-13(2)10-5-4-9(8-14)11(12)7-10/h3-5,7,14H,1,6,8H2,2H3. The van der Waals surface area contributed by atoms with Gasteiger partial charge in [0.25, 0.3) is 0 Å². The molecule has 0 unspecified atom stereocenters. The first-order chi connectivity index (χ1) is 6.69. The van der Waals surface area contributed by atoms with E-state index in [-0.39, 0.29) is 6.61 Å². The van der Waals surface area contributed by atoms with Crippen molar-refractivity contribution in [3.63, 3.8) is 0 Å². The van der Waals surface area contributed by atoms with Crippen LogP contribution in [-0.4, -0.2) is 18.7 Å². The van der Waals surface area contributed by atoms with Gasteiger partial charge in [0, 0.05) is 23.8 Å². The van der Waals surface area contributed by atoms with Crippen molar-refractivity contribution in [2.75, 3.05) is 18.5 Å². The van der Waals surface area contributed by atoms with Crippen LogP contribution in [0.4, 0.5) is 5.69 Å². The summed E-state index contributed by atoms with van der Waals surface area (Å²) in [5, 5.41) is 8.99. The molecule has 76 valence electrons. The van der Waals surface area contributed by atoms with Gasteiger partial charge in [0.15, 0.2) is 0 Å². The molecule has 0 saturated carbocycles. The smallest absolute Gasteiger partial charge is 0.0692 e. The predicted molar refractivity (Wildman–Crippen MR) is 63.5 cm³/mol. The lowest BCUT2D eigenvalue weighted by Crippen LogP contribution is -2.16. The second-order valence-corrected chi connectivity index (χ2v) is 3.96. The summed E-state index contributed by atoms with van der Waals surface area (Å²) in [5.74, 6) is 0. The van der Waals surface area contributed by atoms with E-state index in [0.29, 0.717) is 0 Å². The molecule has 1 aromatic rings. The van der Waals surface area contributed by atoms with Crippen LogP contribution >= 0.6 is 15.9 Å². The zero-order chi connectivity index (χ0) is 10.6. The van der Waals surface area contributed by atoms with Gasteiger partial charge in [0.1, 0.15) is 0 Å². The second kappa shape index (κ2) is 5.17. The molecule has 1 aromatic carbocycles. The highest BCUT2D eigenvalue weighted by Gasteiger charge is 2.02. The largest absolute Gasteiger partial charge is 0.392 e. The Morgan fingerprint density at radius 2 is 2.29 bits per heavy atom. The van der Waals surface area contributed by atoms with Gasteiger partial charge in [-0.15, -0.1) is 6.58 Å². The molecular formula is C11H14BrNO. The number of aliphatic hydroxyl groups excluding tert-OH is 1. The number of hydrogen-bond acceptors (Lipinski definition) is 2. The zero-order valence-electron chi connectivity index (χ0n) is 8.20. The van der Waals surface area contributed by atoms with Crippen molar-refractivity contribution >= 4 is 21.6 Å².